The topological polar surface area (TPSA) is 69.5 Å². The van der Waals surface area contributed by atoms with Crippen molar-refractivity contribution in [1.29, 1.82) is 5.26 Å². The van der Waals surface area contributed by atoms with Gasteiger partial charge in [-0.3, -0.25) is 4.79 Å². The molecule has 0 aliphatic carbocycles. The third kappa shape index (κ3) is 4.16. The van der Waals surface area contributed by atoms with Crippen LogP contribution in [-0.2, 0) is 0 Å². The predicted molar refractivity (Wildman–Crippen MR) is 133 cm³/mol. The van der Waals surface area contributed by atoms with Gasteiger partial charge in [0.15, 0.2) is 0 Å². The van der Waals surface area contributed by atoms with Crippen LogP contribution in [0.3, 0.4) is 0 Å². The number of ether oxygens (including phenoxy) is 1. The van der Waals surface area contributed by atoms with Gasteiger partial charge in [-0.15, -0.1) is 0 Å². The van der Waals surface area contributed by atoms with Gasteiger partial charge in [0.25, 0.3) is 5.91 Å². The van der Waals surface area contributed by atoms with Crippen LogP contribution < -0.4 is 9.64 Å². The number of anilines is 1. The highest BCUT2D eigenvalue weighted by atomic mass is 16.5. The van der Waals surface area contributed by atoms with Crippen molar-refractivity contribution in [3.8, 4) is 22.9 Å². The zero-order chi connectivity index (χ0) is 23.5. The molecule has 0 spiro atoms. The Morgan fingerprint density at radius 3 is 2.53 bits per heavy atom. The number of aromatic nitrogens is 1. The molecule has 5 rings (SSSR count). The van der Waals surface area contributed by atoms with Crippen LogP contribution >= 0.6 is 0 Å². The van der Waals surface area contributed by atoms with Crippen molar-refractivity contribution in [1.82, 2.24) is 9.88 Å². The molecule has 0 unspecified atom stereocenters. The fraction of sp³-hybridized carbons (Fsp3) is 0.179. The molecule has 6 heteroatoms. The molecule has 34 heavy (non-hydrogen) atoms. The molecule has 0 saturated carbocycles. The van der Waals surface area contributed by atoms with Gasteiger partial charge < -0.3 is 14.5 Å². The van der Waals surface area contributed by atoms with Crippen molar-refractivity contribution >= 4 is 22.6 Å². The highest BCUT2D eigenvalue weighted by molar-refractivity contribution is 5.95. The number of amides is 1. The van der Waals surface area contributed by atoms with Gasteiger partial charge in [-0.05, 0) is 48.0 Å². The quantitative estimate of drug-likeness (QED) is 0.451. The molecule has 4 aromatic rings. The average Bonchev–Trinajstić information content (AvgIpc) is 2.92. The summed E-state index contributed by atoms with van der Waals surface area (Å²) in [7, 11) is 1.60. The minimum absolute atomic E-state index is 0.0182. The Kier molecular flexibility index (Phi) is 5.84. The first-order valence-corrected chi connectivity index (χ1v) is 11.2. The lowest BCUT2D eigenvalue weighted by atomic mass is 10.0. The predicted octanol–water partition coefficient (Wildman–Crippen LogP) is 4.74. The Hall–Kier alpha value is -4.37. The Balaban J connectivity index is 1.37. The molecule has 3 aromatic carbocycles. The van der Waals surface area contributed by atoms with E-state index in [4.69, 9.17) is 9.72 Å². The second-order valence-corrected chi connectivity index (χ2v) is 8.25. The molecule has 1 saturated heterocycles. The van der Waals surface area contributed by atoms with Crippen molar-refractivity contribution in [2.75, 3.05) is 38.2 Å². The van der Waals surface area contributed by atoms with E-state index in [9.17, 15) is 10.1 Å². The van der Waals surface area contributed by atoms with Crippen molar-refractivity contribution in [3.63, 3.8) is 0 Å². The van der Waals surface area contributed by atoms with E-state index in [1.807, 2.05) is 59.5 Å². The van der Waals surface area contributed by atoms with E-state index in [-0.39, 0.29) is 5.91 Å². The highest BCUT2D eigenvalue weighted by Gasteiger charge is 2.23. The first-order chi connectivity index (χ1) is 16.7. The number of para-hydroxylation sites is 1. The van der Waals surface area contributed by atoms with Gasteiger partial charge in [0, 0.05) is 42.7 Å². The van der Waals surface area contributed by atoms with Gasteiger partial charge in [0.2, 0.25) is 0 Å². The summed E-state index contributed by atoms with van der Waals surface area (Å²) in [5.41, 5.74) is 4.15. The Labute approximate surface area is 198 Å². The molecule has 1 aliphatic heterocycles. The molecule has 1 aromatic heterocycles. The minimum Gasteiger partial charge on any atom is -0.497 e. The normalized spacial score (nSPS) is 13.5. The second-order valence-electron chi connectivity index (χ2n) is 8.25. The molecule has 1 aliphatic rings. The lowest BCUT2D eigenvalue weighted by Crippen LogP contribution is -2.49. The van der Waals surface area contributed by atoms with Crippen LogP contribution in [0.2, 0.25) is 0 Å². The number of nitriles is 1. The summed E-state index contributed by atoms with van der Waals surface area (Å²) >= 11 is 0. The van der Waals surface area contributed by atoms with E-state index in [1.165, 1.54) is 0 Å². The van der Waals surface area contributed by atoms with Crippen LogP contribution in [-0.4, -0.2) is 49.1 Å². The molecular formula is C28H24N4O2. The smallest absolute Gasteiger partial charge is 0.254 e. The van der Waals surface area contributed by atoms with E-state index in [0.29, 0.717) is 43.1 Å². The first kappa shape index (κ1) is 21.5. The summed E-state index contributed by atoms with van der Waals surface area (Å²) in [5, 5.41) is 10.3. The summed E-state index contributed by atoms with van der Waals surface area (Å²) in [4.78, 5) is 22.1. The molecule has 1 amide bonds. The van der Waals surface area contributed by atoms with Crippen molar-refractivity contribution in [3.05, 3.63) is 90.0 Å². The van der Waals surface area contributed by atoms with Crippen molar-refractivity contribution in [2.24, 2.45) is 0 Å². The van der Waals surface area contributed by atoms with E-state index >= 15 is 0 Å². The number of piperazine rings is 1. The number of fused-ring (bicyclic) bond motifs is 1. The van der Waals surface area contributed by atoms with Gasteiger partial charge in [0.1, 0.15) is 11.6 Å². The van der Waals surface area contributed by atoms with E-state index in [2.05, 4.69) is 23.1 Å². The number of pyridine rings is 1. The molecule has 168 valence electrons. The molecule has 2 heterocycles. The number of carbonyl (C=O) groups excluding carboxylic acids is 1. The maximum absolute atomic E-state index is 13.0. The number of hydrogen-bond donors (Lipinski definition) is 0. The van der Waals surface area contributed by atoms with Crippen LogP contribution in [0.25, 0.3) is 22.0 Å². The number of benzene rings is 3. The van der Waals surface area contributed by atoms with E-state index < -0.39 is 0 Å². The maximum Gasteiger partial charge on any atom is 0.254 e. The number of carbonyl (C=O) groups is 1. The fourth-order valence-corrected chi connectivity index (χ4v) is 4.38. The van der Waals surface area contributed by atoms with Gasteiger partial charge in [-0.2, -0.15) is 5.26 Å². The molecule has 0 bridgehead atoms. The highest BCUT2D eigenvalue weighted by Crippen LogP contribution is 2.30. The van der Waals surface area contributed by atoms with Gasteiger partial charge >= 0.3 is 0 Å². The zero-order valence-corrected chi connectivity index (χ0v) is 18.9. The van der Waals surface area contributed by atoms with Gasteiger partial charge in [0.05, 0.1) is 24.3 Å². The lowest BCUT2D eigenvalue weighted by Gasteiger charge is -2.35. The molecule has 0 N–H and O–H groups in total. The van der Waals surface area contributed by atoms with Crippen LogP contribution in [0.1, 0.15) is 15.9 Å². The van der Waals surface area contributed by atoms with Crippen LogP contribution in [0.5, 0.6) is 5.75 Å². The Bertz CT molecular complexity index is 1400. The van der Waals surface area contributed by atoms with Crippen molar-refractivity contribution < 1.29 is 9.53 Å². The zero-order valence-electron chi connectivity index (χ0n) is 18.9. The minimum atomic E-state index is 0.0182. The van der Waals surface area contributed by atoms with Crippen molar-refractivity contribution in [2.45, 2.75) is 0 Å². The molecule has 0 atom stereocenters. The summed E-state index contributed by atoms with van der Waals surface area (Å²) in [6.45, 7) is 2.67. The average molecular weight is 449 g/mol. The number of hydrogen-bond acceptors (Lipinski definition) is 5. The monoisotopic (exact) mass is 448 g/mol. The van der Waals surface area contributed by atoms with Crippen LogP contribution in [0.4, 0.5) is 5.82 Å². The largest absolute Gasteiger partial charge is 0.497 e. The summed E-state index contributed by atoms with van der Waals surface area (Å²) in [6, 6.07) is 27.3. The SMILES string of the molecule is COc1cccc(C(=O)N2CCN(c3ccc4cccc(-c5cccc(C#N)c5)c4n3)CC2)c1. The third-order valence-electron chi connectivity index (χ3n) is 6.22. The van der Waals surface area contributed by atoms with Crippen LogP contribution in [0.15, 0.2) is 78.9 Å². The molecular weight excluding hydrogens is 424 g/mol. The third-order valence-corrected chi connectivity index (χ3v) is 6.22. The van der Waals surface area contributed by atoms with Gasteiger partial charge in [-0.25, -0.2) is 4.98 Å². The summed E-state index contributed by atoms with van der Waals surface area (Å²) in [5.74, 6) is 1.59. The standard InChI is InChI=1S/C28H24N4O2/c1-34-24-9-3-8-23(18-24)28(33)32-15-13-31(14-16-32)26-12-11-21-6-4-10-25(27(21)30-26)22-7-2-5-20(17-22)19-29/h2-12,17-18H,13-16H2,1H3. The number of nitrogens with zero attached hydrogens (tertiary/aromatic N) is 4. The second kappa shape index (κ2) is 9.24. The maximum atomic E-state index is 13.0. The summed E-state index contributed by atoms with van der Waals surface area (Å²) in [6.07, 6.45) is 0. The Morgan fingerprint density at radius 2 is 1.74 bits per heavy atom. The van der Waals surface area contributed by atoms with Crippen LogP contribution in [0, 0.1) is 11.3 Å². The number of methoxy groups -OCH3 is 1. The lowest BCUT2D eigenvalue weighted by molar-refractivity contribution is 0.0746. The first-order valence-electron chi connectivity index (χ1n) is 11.2. The van der Waals surface area contributed by atoms with E-state index in [0.717, 1.165) is 27.8 Å². The molecule has 1 fully saturated rings. The number of rotatable bonds is 4. The van der Waals surface area contributed by atoms with E-state index in [1.54, 1.807) is 19.2 Å². The summed E-state index contributed by atoms with van der Waals surface area (Å²) < 4.78 is 5.25. The fourth-order valence-electron chi connectivity index (χ4n) is 4.38. The van der Waals surface area contributed by atoms with Gasteiger partial charge in [-0.1, -0.05) is 36.4 Å². The molecule has 0 radical (unpaired) electrons. The molecule has 6 nitrogen and oxygen atoms in total. The Morgan fingerprint density at radius 1 is 0.941 bits per heavy atom.